The molecule has 6 heteroatoms. The van der Waals surface area contributed by atoms with Crippen LogP contribution in [-0.2, 0) is 10.7 Å². The summed E-state index contributed by atoms with van der Waals surface area (Å²) < 4.78 is 0. The van der Waals surface area contributed by atoms with Crippen molar-refractivity contribution in [3.05, 3.63) is 35.3 Å². The van der Waals surface area contributed by atoms with Crippen LogP contribution < -0.4 is 5.32 Å². The molecule has 112 valence electrons. The molecule has 0 bridgehead atoms. The average molecular weight is 324 g/mol. The number of amides is 1. The number of nitrogens with one attached hydrogen (secondary N) is 1. The summed E-state index contributed by atoms with van der Waals surface area (Å²) in [6, 6.07) is 7.69. The molecule has 0 saturated carbocycles. The van der Waals surface area contributed by atoms with Gasteiger partial charge in [-0.2, -0.15) is 0 Å². The van der Waals surface area contributed by atoms with Crippen molar-refractivity contribution in [2.45, 2.75) is 12.8 Å². The maximum atomic E-state index is 11.8. The van der Waals surface area contributed by atoms with Crippen LogP contribution in [0.1, 0.15) is 12.6 Å². The quantitative estimate of drug-likeness (QED) is 0.828. The summed E-state index contributed by atoms with van der Waals surface area (Å²) in [4.78, 5) is 18.2. The predicted molar refractivity (Wildman–Crippen MR) is 88.9 cm³/mol. The zero-order valence-corrected chi connectivity index (χ0v) is 13.7. The van der Waals surface area contributed by atoms with Crippen molar-refractivity contribution in [1.29, 1.82) is 0 Å². The van der Waals surface area contributed by atoms with E-state index in [0.717, 1.165) is 28.5 Å². The Labute approximate surface area is 133 Å². The fourth-order valence-electron chi connectivity index (χ4n) is 1.75. The van der Waals surface area contributed by atoms with Crippen molar-refractivity contribution >= 4 is 34.5 Å². The molecule has 1 aromatic heterocycles. The van der Waals surface area contributed by atoms with E-state index in [1.165, 1.54) is 0 Å². The summed E-state index contributed by atoms with van der Waals surface area (Å²) in [6.07, 6.45) is 0. The summed E-state index contributed by atoms with van der Waals surface area (Å²) in [6.45, 7) is 3.26. The first-order valence-corrected chi connectivity index (χ1v) is 8.13. The van der Waals surface area contributed by atoms with E-state index in [2.05, 4.69) is 10.3 Å². The van der Waals surface area contributed by atoms with Gasteiger partial charge in [-0.05, 0) is 37.9 Å². The number of likely N-dealkylation sites (N-methyl/N-ethyl adjacent to an activating group) is 1. The largest absolute Gasteiger partial charge is 0.325 e. The van der Waals surface area contributed by atoms with E-state index in [0.29, 0.717) is 12.4 Å². The SMILES string of the molecule is CCN(C)CC(=O)Nc1ccc(-c2nc(CCl)cs2)cc1. The van der Waals surface area contributed by atoms with Gasteiger partial charge >= 0.3 is 0 Å². The molecule has 1 N–H and O–H groups in total. The molecule has 2 rings (SSSR count). The molecule has 0 aliphatic carbocycles. The highest BCUT2D eigenvalue weighted by molar-refractivity contribution is 7.13. The fourth-order valence-corrected chi connectivity index (χ4v) is 2.81. The van der Waals surface area contributed by atoms with Crippen LogP contribution in [-0.4, -0.2) is 35.9 Å². The minimum absolute atomic E-state index is 0.00854. The van der Waals surface area contributed by atoms with Gasteiger partial charge in [-0.25, -0.2) is 4.98 Å². The molecular formula is C15H18ClN3OS. The van der Waals surface area contributed by atoms with E-state index in [1.54, 1.807) is 11.3 Å². The normalized spacial score (nSPS) is 10.9. The second-order valence-corrected chi connectivity index (χ2v) is 5.86. The summed E-state index contributed by atoms with van der Waals surface area (Å²) >= 11 is 7.33. The van der Waals surface area contributed by atoms with Gasteiger partial charge < -0.3 is 5.32 Å². The molecule has 21 heavy (non-hydrogen) atoms. The first-order valence-electron chi connectivity index (χ1n) is 6.71. The lowest BCUT2D eigenvalue weighted by molar-refractivity contribution is -0.117. The summed E-state index contributed by atoms with van der Waals surface area (Å²) in [7, 11) is 1.92. The van der Waals surface area contributed by atoms with Crippen molar-refractivity contribution in [3.63, 3.8) is 0 Å². The third kappa shape index (κ3) is 4.52. The standard InChI is InChI=1S/C15H18ClN3OS/c1-3-19(2)9-14(20)17-12-6-4-11(5-7-12)15-18-13(8-16)10-21-15/h4-7,10H,3,8-9H2,1-2H3,(H,17,20). The molecule has 0 spiro atoms. The molecule has 2 aromatic rings. The third-order valence-electron chi connectivity index (χ3n) is 3.06. The van der Waals surface area contributed by atoms with Crippen LogP contribution in [0.4, 0.5) is 5.69 Å². The van der Waals surface area contributed by atoms with Crippen LogP contribution in [0.2, 0.25) is 0 Å². The summed E-state index contributed by atoms with van der Waals surface area (Å²) in [5.41, 5.74) is 2.71. The Morgan fingerprint density at radius 3 is 2.67 bits per heavy atom. The van der Waals surface area contributed by atoms with Gasteiger partial charge in [0.1, 0.15) is 5.01 Å². The monoisotopic (exact) mass is 323 g/mol. The van der Waals surface area contributed by atoms with Crippen LogP contribution in [0.25, 0.3) is 10.6 Å². The Balaban J connectivity index is 2.00. The second-order valence-electron chi connectivity index (χ2n) is 4.73. The number of aromatic nitrogens is 1. The van der Waals surface area contributed by atoms with Gasteiger partial charge in [-0.1, -0.05) is 6.92 Å². The fraction of sp³-hybridized carbons (Fsp3) is 0.333. The zero-order chi connectivity index (χ0) is 15.2. The first-order chi connectivity index (χ1) is 10.1. The number of hydrogen-bond acceptors (Lipinski definition) is 4. The smallest absolute Gasteiger partial charge is 0.238 e. The molecule has 0 atom stereocenters. The van der Waals surface area contributed by atoms with Gasteiger partial charge in [0.25, 0.3) is 0 Å². The molecule has 4 nitrogen and oxygen atoms in total. The van der Waals surface area contributed by atoms with Crippen molar-refractivity contribution < 1.29 is 4.79 Å². The number of hydrogen-bond donors (Lipinski definition) is 1. The lowest BCUT2D eigenvalue weighted by Gasteiger charge is -2.13. The Morgan fingerprint density at radius 2 is 2.10 bits per heavy atom. The topological polar surface area (TPSA) is 45.2 Å². The van der Waals surface area contributed by atoms with Gasteiger partial charge in [0.15, 0.2) is 0 Å². The molecule has 0 radical (unpaired) electrons. The molecule has 0 unspecified atom stereocenters. The van der Waals surface area contributed by atoms with Gasteiger partial charge in [-0.15, -0.1) is 22.9 Å². The number of carbonyl (C=O) groups is 1. The highest BCUT2D eigenvalue weighted by Gasteiger charge is 2.07. The maximum absolute atomic E-state index is 11.8. The minimum Gasteiger partial charge on any atom is -0.325 e. The molecule has 0 aliphatic heterocycles. The van der Waals surface area contributed by atoms with E-state index >= 15 is 0 Å². The number of anilines is 1. The van der Waals surface area contributed by atoms with E-state index in [9.17, 15) is 4.79 Å². The van der Waals surface area contributed by atoms with Crippen LogP contribution in [0, 0.1) is 0 Å². The van der Waals surface area contributed by atoms with Crippen LogP contribution in [0.15, 0.2) is 29.6 Å². The average Bonchev–Trinajstić information content (AvgIpc) is 2.96. The number of benzene rings is 1. The second kappa shape index (κ2) is 7.54. The number of halogens is 1. The van der Waals surface area contributed by atoms with Gasteiger partial charge in [0.05, 0.1) is 18.1 Å². The van der Waals surface area contributed by atoms with Crippen LogP contribution in [0.5, 0.6) is 0 Å². The van der Waals surface area contributed by atoms with E-state index < -0.39 is 0 Å². The Bertz CT molecular complexity index is 597. The Morgan fingerprint density at radius 1 is 1.38 bits per heavy atom. The van der Waals surface area contributed by atoms with Crippen molar-refractivity contribution in [2.24, 2.45) is 0 Å². The van der Waals surface area contributed by atoms with E-state index in [1.807, 2.05) is 48.5 Å². The Kier molecular flexibility index (Phi) is 5.73. The van der Waals surface area contributed by atoms with Gasteiger partial charge in [0, 0.05) is 16.6 Å². The Hall–Kier alpha value is -1.43. The van der Waals surface area contributed by atoms with Crippen molar-refractivity contribution in [3.8, 4) is 10.6 Å². The van der Waals surface area contributed by atoms with Gasteiger partial charge in [-0.3, -0.25) is 9.69 Å². The highest BCUT2D eigenvalue weighted by Crippen LogP contribution is 2.25. The zero-order valence-electron chi connectivity index (χ0n) is 12.1. The lowest BCUT2D eigenvalue weighted by atomic mass is 10.2. The highest BCUT2D eigenvalue weighted by atomic mass is 35.5. The maximum Gasteiger partial charge on any atom is 0.238 e. The van der Waals surface area contributed by atoms with Crippen LogP contribution in [0.3, 0.4) is 0 Å². The molecule has 1 heterocycles. The predicted octanol–water partition coefficient (Wildman–Crippen LogP) is 3.44. The van der Waals surface area contributed by atoms with E-state index in [-0.39, 0.29) is 5.91 Å². The summed E-state index contributed by atoms with van der Waals surface area (Å²) in [5.74, 6) is 0.418. The molecule has 0 aliphatic rings. The lowest BCUT2D eigenvalue weighted by Crippen LogP contribution is -2.29. The molecule has 0 saturated heterocycles. The van der Waals surface area contributed by atoms with E-state index in [4.69, 9.17) is 11.6 Å². The number of alkyl halides is 1. The summed E-state index contributed by atoms with van der Waals surface area (Å²) in [5, 5.41) is 5.78. The first kappa shape index (κ1) is 15.9. The molecule has 1 aromatic carbocycles. The van der Waals surface area contributed by atoms with Crippen molar-refractivity contribution in [2.75, 3.05) is 25.5 Å². The molecular weight excluding hydrogens is 306 g/mol. The number of thiazole rings is 1. The third-order valence-corrected chi connectivity index (χ3v) is 4.27. The van der Waals surface area contributed by atoms with Gasteiger partial charge in [0.2, 0.25) is 5.91 Å². The van der Waals surface area contributed by atoms with Crippen LogP contribution >= 0.6 is 22.9 Å². The molecule has 1 amide bonds. The number of carbonyl (C=O) groups excluding carboxylic acids is 1. The minimum atomic E-state index is -0.00854. The number of rotatable bonds is 6. The van der Waals surface area contributed by atoms with Crippen molar-refractivity contribution in [1.82, 2.24) is 9.88 Å². The molecule has 0 fully saturated rings. The number of nitrogens with zero attached hydrogens (tertiary/aromatic N) is 2.